The molecule has 8 heteroatoms. The molecular formula is C27H33N3O4S. The van der Waals surface area contributed by atoms with E-state index in [1.54, 1.807) is 19.1 Å². The van der Waals surface area contributed by atoms with E-state index >= 15 is 0 Å². The molecule has 0 aliphatic carbocycles. The first-order valence-electron chi connectivity index (χ1n) is 11.8. The number of carbonyl (C=O) groups is 2. The molecule has 2 amide bonds. The van der Waals surface area contributed by atoms with Crippen LogP contribution in [0.2, 0.25) is 0 Å². The number of rotatable bonds is 11. The molecule has 186 valence electrons. The van der Waals surface area contributed by atoms with Crippen molar-refractivity contribution in [3.63, 3.8) is 0 Å². The molecule has 7 nitrogen and oxygen atoms in total. The molecule has 0 saturated heterocycles. The van der Waals surface area contributed by atoms with Crippen molar-refractivity contribution in [2.24, 2.45) is 0 Å². The van der Waals surface area contributed by atoms with E-state index in [4.69, 9.17) is 0 Å². The number of benzene rings is 3. The molecule has 0 bridgehead atoms. The van der Waals surface area contributed by atoms with Crippen molar-refractivity contribution < 1.29 is 18.0 Å². The van der Waals surface area contributed by atoms with E-state index in [0.717, 1.165) is 39.7 Å². The number of hydrogen-bond donors (Lipinski definition) is 1. The monoisotopic (exact) mass is 495 g/mol. The van der Waals surface area contributed by atoms with Crippen molar-refractivity contribution in [2.75, 3.05) is 23.7 Å². The predicted octanol–water partition coefficient (Wildman–Crippen LogP) is 3.94. The van der Waals surface area contributed by atoms with E-state index in [0.29, 0.717) is 12.2 Å². The first-order valence-corrected chi connectivity index (χ1v) is 13.6. The van der Waals surface area contributed by atoms with Gasteiger partial charge in [0.15, 0.2) is 0 Å². The quantitative estimate of drug-likeness (QED) is 0.408. The van der Waals surface area contributed by atoms with Crippen LogP contribution >= 0.6 is 0 Å². The Morgan fingerprint density at radius 3 is 2.29 bits per heavy atom. The van der Waals surface area contributed by atoms with Crippen LogP contribution in [0.25, 0.3) is 10.8 Å². The summed E-state index contributed by atoms with van der Waals surface area (Å²) < 4.78 is 26.8. The van der Waals surface area contributed by atoms with Crippen molar-refractivity contribution in [1.29, 1.82) is 0 Å². The molecule has 0 unspecified atom stereocenters. The van der Waals surface area contributed by atoms with Gasteiger partial charge in [-0.25, -0.2) is 8.42 Å². The van der Waals surface area contributed by atoms with Gasteiger partial charge in [0.2, 0.25) is 21.8 Å². The minimum atomic E-state index is -3.79. The fourth-order valence-corrected chi connectivity index (χ4v) is 4.78. The number of amides is 2. The van der Waals surface area contributed by atoms with Gasteiger partial charge in [-0.1, -0.05) is 80.1 Å². The van der Waals surface area contributed by atoms with Crippen LogP contribution in [0.15, 0.2) is 72.8 Å². The summed E-state index contributed by atoms with van der Waals surface area (Å²) >= 11 is 0. The Labute approximate surface area is 207 Å². The maximum atomic E-state index is 13.6. The van der Waals surface area contributed by atoms with Crippen molar-refractivity contribution in [2.45, 2.75) is 39.3 Å². The molecule has 0 heterocycles. The molecule has 35 heavy (non-hydrogen) atoms. The lowest BCUT2D eigenvalue weighted by Gasteiger charge is -2.31. The molecule has 0 saturated carbocycles. The molecule has 0 spiro atoms. The average molecular weight is 496 g/mol. The predicted molar refractivity (Wildman–Crippen MR) is 141 cm³/mol. The third-order valence-electron chi connectivity index (χ3n) is 5.91. The molecule has 1 N–H and O–H groups in total. The second kappa shape index (κ2) is 11.8. The van der Waals surface area contributed by atoms with Gasteiger partial charge >= 0.3 is 0 Å². The van der Waals surface area contributed by atoms with Crippen LogP contribution in [0.5, 0.6) is 0 Å². The van der Waals surface area contributed by atoms with Gasteiger partial charge in [-0.2, -0.15) is 0 Å². The molecule has 0 aliphatic heterocycles. The number of sulfonamides is 1. The van der Waals surface area contributed by atoms with Gasteiger partial charge in [0.05, 0.1) is 11.9 Å². The molecular weight excluding hydrogens is 462 g/mol. The van der Waals surface area contributed by atoms with Crippen molar-refractivity contribution >= 4 is 38.3 Å². The first kappa shape index (κ1) is 26.2. The Balaban J connectivity index is 1.94. The van der Waals surface area contributed by atoms with Crippen LogP contribution in [-0.4, -0.2) is 50.5 Å². The number of nitrogens with zero attached hydrogens (tertiary/aromatic N) is 2. The van der Waals surface area contributed by atoms with Gasteiger partial charge in [0.25, 0.3) is 0 Å². The molecule has 0 fully saturated rings. The number of nitrogens with one attached hydrogen (secondary N) is 1. The molecule has 3 aromatic rings. The number of unbranched alkanes of at least 4 members (excludes halogenated alkanes) is 1. The fourth-order valence-electron chi connectivity index (χ4n) is 3.92. The molecule has 1 atom stereocenters. The zero-order valence-electron chi connectivity index (χ0n) is 20.5. The van der Waals surface area contributed by atoms with Gasteiger partial charge in [0.1, 0.15) is 12.6 Å². The lowest BCUT2D eigenvalue weighted by Crippen LogP contribution is -2.51. The van der Waals surface area contributed by atoms with Gasteiger partial charge in [-0.3, -0.25) is 13.9 Å². The Hall–Kier alpha value is -3.39. The fraction of sp³-hybridized carbons (Fsp3) is 0.333. The Bertz CT molecular complexity index is 1260. The highest BCUT2D eigenvalue weighted by Gasteiger charge is 2.30. The topological polar surface area (TPSA) is 86.8 Å². The maximum Gasteiger partial charge on any atom is 0.244 e. The number of carbonyl (C=O) groups excluding carboxylic acids is 2. The highest BCUT2D eigenvalue weighted by molar-refractivity contribution is 7.92. The SMILES string of the molecule is CCCCNC(=O)[C@H](C)N(Cc1ccccc1)C(=O)CN(c1cccc2ccccc12)S(C)(=O)=O. The lowest BCUT2D eigenvalue weighted by atomic mass is 10.1. The van der Waals surface area contributed by atoms with Gasteiger partial charge in [-0.05, 0) is 30.4 Å². The lowest BCUT2D eigenvalue weighted by molar-refractivity contribution is -0.139. The van der Waals surface area contributed by atoms with Crippen molar-refractivity contribution in [3.8, 4) is 0 Å². The summed E-state index contributed by atoms with van der Waals surface area (Å²) in [6, 6.07) is 21.4. The van der Waals surface area contributed by atoms with Crippen LogP contribution in [0.3, 0.4) is 0 Å². The summed E-state index contributed by atoms with van der Waals surface area (Å²) in [6.07, 6.45) is 2.87. The summed E-state index contributed by atoms with van der Waals surface area (Å²) in [6.45, 7) is 4.01. The second-order valence-corrected chi connectivity index (χ2v) is 10.5. The van der Waals surface area contributed by atoms with Crippen LogP contribution in [0.1, 0.15) is 32.3 Å². The summed E-state index contributed by atoms with van der Waals surface area (Å²) in [4.78, 5) is 27.9. The maximum absolute atomic E-state index is 13.6. The third-order valence-corrected chi connectivity index (χ3v) is 7.03. The zero-order chi connectivity index (χ0) is 25.4. The van der Waals surface area contributed by atoms with Crippen LogP contribution < -0.4 is 9.62 Å². The molecule has 0 aromatic heterocycles. The summed E-state index contributed by atoms with van der Waals surface area (Å²) in [5.74, 6) is -0.718. The van der Waals surface area contributed by atoms with E-state index in [2.05, 4.69) is 5.32 Å². The highest BCUT2D eigenvalue weighted by Crippen LogP contribution is 2.28. The summed E-state index contributed by atoms with van der Waals surface area (Å²) in [7, 11) is -3.79. The smallest absolute Gasteiger partial charge is 0.244 e. The minimum absolute atomic E-state index is 0.190. The Kier molecular flexibility index (Phi) is 8.87. The van der Waals surface area contributed by atoms with Crippen molar-refractivity contribution in [3.05, 3.63) is 78.4 Å². The standard InChI is InChI=1S/C27H33N3O4S/c1-4-5-18-28-27(32)21(2)29(19-22-12-7-6-8-13-22)26(31)20-30(35(3,33)34)25-17-11-15-23-14-9-10-16-24(23)25/h6-17,21H,4-5,18-20H2,1-3H3,(H,28,32)/t21-/m0/s1. The van der Waals surface area contributed by atoms with Gasteiger partial charge < -0.3 is 10.2 Å². The normalized spacial score (nSPS) is 12.2. The second-order valence-electron chi connectivity index (χ2n) is 8.60. The number of fused-ring (bicyclic) bond motifs is 1. The summed E-state index contributed by atoms with van der Waals surface area (Å²) in [5.41, 5.74) is 1.28. The van der Waals surface area contributed by atoms with E-state index in [-0.39, 0.29) is 12.5 Å². The van der Waals surface area contributed by atoms with Crippen molar-refractivity contribution in [1.82, 2.24) is 10.2 Å². The largest absolute Gasteiger partial charge is 0.354 e. The van der Waals surface area contributed by atoms with Crippen LogP contribution in [0, 0.1) is 0 Å². The van der Waals surface area contributed by atoms with E-state index < -0.39 is 28.5 Å². The Morgan fingerprint density at radius 2 is 1.60 bits per heavy atom. The highest BCUT2D eigenvalue weighted by atomic mass is 32.2. The third kappa shape index (κ3) is 6.82. The average Bonchev–Trinajstić information content (AvgIpc) is 2.85. The number of anilines is 1. The summed E-state index contributed by atoms with van der Waals surface area (Å²) in [5, 5.41) is 4.48. The number of hydrogen-bond acceptors (Lipinski definition) is 4. The first-order chi connectivity index (χ1) is 16.7. The molecule has 3 aromatic carbocycles. The molecule has 0 radical (unpaired) electrons. The van der Waals surface area contributed by atoms with Gasteiger partial charge in [-0.15, -0.1) is 0 Å². The van der Waals surface area contributed by atoms with E-state index in [9.17, 15) is 18.0 Å². The van der Waals surface area contributed by atoms with Crippen LogP contribution in [-0.2, 0) is 26.2 Å². The Morgan fingerprint density at radius 1 is 0.943 bits per heavy atom. The minimum Gasteiger partial charge on any atom is -0.354 e. The van der Waals surface area contributed by atoms with E-state index in [1.165, 1.54) is 4.90 Å². The van der Waals surface area contributed by atoms with Gasteiger partial charge in [0, 0.05) is 18.5 Å². The molecule has 3 rings (SSSR count). The zero-order valence-corrected chi connectivity index (χ0v) is 21.3. The molecule has 0 aliphatic rings. The van der Waals surface area contributed by atoms with Crippen LogP contribution in [0.4, 0.5) is 5.69 Å². The van der Waals surface area contributed by atoms with E-state index in [1.807, 2.05) is 67.6 Å².